The molecular weight excluding hydrogens is 699 g/mol. The second-order valence-electron chi connectivity index (χ2n) is 10.8. The third-order valence-corrected chi connectivity index (χ3v) is 9.49. The Hall–Kier alpha value is -5.89. The molecular formula is C39H33N5O6S2. The average Bonchev–Trinajstić information content (AvgIpc) is 3.18. The van der Waals surface area contributed by atoms with Crippen molar-refractivity contribution in [1.29, 1.82) is 10.5 Å². The molecule has 0 atom stereocenters. The van der Waals surface area contributed by atoms with Gasteiger partial charge in [0, 0.05) is 34.6 Å². The molecule has 0 aliphatic carbocycles. The van der Waals surface area contributed by atoms with E-state index in [2.05, 4.69) is 17.1 Å². The summed E-state index contributed by atoms with van der Waals surface area (Å²) in [6.07, 6.45) is 3.31. The highest BCUT2D eigenvalue weighted by Crippen LogP contribution is 2.38. The van der Waals surface area contributed by atoms with Gasteiger partial charge in [0.15, 0.2) is 0 Å². The van der Waals surface area contributed by atoms with E-state index in [4.69, 9.17) is 28.9 Å². The van der Waals surface area contributed by atoms with E-state index >= 15 is 0 Å². The number of nitriles is 2. The summed E-state index contributed by atoms with van der Waals surface area (Å²) >= 11 is 2.24. The van der Waals surface area contributed by atoms with Crippen molar-refractivity contribution < 1.29 is 28.5 Å². The van der Waals surface area contributed by atoms with Gasteiger partial charge in [-0.05, 0) is 67.4 Å². The number of thioether (sulfide) groups is 2. The molecule has 5 rings (SSSR count). The topological polar surface area (TPSA) is 157 Å². The zero-order valence-electron chi connectivity index (χ0n) is 28.8. The van der Waals surface area contributed by atoms with Crippen molar-refractivity contribution in [3.05, 3.63) is 90.3 Å². The van der Waals surface area contributed by atoms with Crippen LogP contribution in [0.25, 0.3) is 44.8 Å². The summed E-state index contributed by atoms with van der Waals surface area (Å²) in [5.41, 5.74) is 5.61. The van der Waals surface area contributed by atoms with Crippen LogP contribution in [0.15, 0.2) is 89.2 Å². The second kappa shape index (κ2) is 17.9. The SMILES string of the molecule is CCOC(=O)CSc1nc(-c2cncc(-c3cc(-c4ccc(OC)cc4)c(C#N)c(SCC(=O)OCC)n3)c2)cc(-c2ccc(OC)cc2)c1C#N. The summed E-state index contributed by atoms with van der Waals surface area (Å²) in [5.74, 6) is 0.413. The van der Waals surface area contributed by atoms with Crippen LogP contribution in [0.2, 0.25) is 0 Å². The quantitative estimate of drug-likeness (QED) is 0.0813. The fourth-order valence-electron chi connectivity index (χ4n) is 5.14. The summed E-state index contributed by atoms with van der Waals surface area (Å²) < 4.78 is 20.9. The fraction of sp³-hybridized carbons (Fsp3) is 0.205. The number of hydrogen-bond donors (Lipinski definition) is 0. The predicted octanol–water partition coefficient (Wildman–Crippen LogP) is 7.61. The predicted molar refractivity (Wildman–Crippen MR) is 199 cm³/mol. The molecule has 3 aromatic heterocycles. The van der Waals surface area contributed by atoms with Gasteiger partial charge in [-0.2, -0.15) is 10.5 Å². The number of pyridine rings is 3. The van der Waals surface area contributed by atoms with Crippen LogP contribution in [0.1, 0.15) is 25.0 Å². The van der Waals surface area contributed by atoms with Crippen molar-refractivity contribution in [2.75, 3.05) is 38.9 Å². The number of benzene rings is 2. The molecule has 0 bridgehead atoms. The first-order chi connectivity index (χ1) is 25.3. The Labute approximate surface area is 310 Å². The highest BCUT2D eigenvalue weighted by molar-refractivity contribution is 8.00. The van der Waals surface area contributed by atoms with Crippen LogP contribution >= 0.6 is 23.5 Å². The van der Waals surface area contributed by atoms with Crippen LogP contribution in [0, 0.1) is 22.7 Å². The smallest absolute Gasteiger partial charge is 0.316 e. The molecule has 13 heteroatoms. The Bertz CT molecular complexity index is 2010. The molecule has 0 radical (unpaired) electrons. The van der Waals surface area contributed by atoms with Crippen LogP contribution in [-0.2, 0) is 19.1 Å². The molecule has 0 spiro atoms. The van der Waals surface area contributed by atoms with Gasteiger partial charge in [0.05, 0.1) is 61.5 Å². The van der Waals surface area contributed by atoms with E-state index in [-0.39, 0.29) is 24.7 Å². The first-order valence-corrected chi connectivity index (χ1v) is 18.0. The normalized spacial score (nSPS) is 10.5. The molecule has 5 aromatic rings. The van der Waals surface area contributed by atoms with Gasteiger partial charge in [0.1, 0.15) is 33.7 Å². The number of ether oxygens (including phenoxy) is 4. The van der Waals surface area contributed by atoms with Gasteiger partial charge < -0.3 is 18.9 Å². The largest absolute Gasteiger partial charge is 0.497 e. The zero-order chi connectivity index (χ0) is 37.0. The summed E-state index contributed by atoms with van der Waals surface area (Å²) in [6, 6.07) is 24.7. The number of esters is 2. The lowest BCUT2D eigenvalue weighted by molar-refractivity contribution is -0.140. The van der Waals surface area contributed by atoms with Gasteiger partial charge in [-0.15, -0.1) is 0 Å². The van der Waals surface area contributed by atoms with Crippen molar-refractivity contribution >= 4 is 35.5 Å². The van der Waals surface area contributed by atoms with Crippen LogP contribution in [0.5, 0.6) is 11.5 Å². The van der Waals surface area contributed by atoms with E-state index in [1.165, 1.54) is 0 Å². The van der Waals surface area contributed by atoms with Crippen LogP contribution in [0.3, 0.4) is 0 Å². The minimum Gasteiger partial charge on any atom is -0.497 e. The third-order valence-electron chi connectivity index (χ3n) is 7.59. The van der Waals surface area contributed by atoms with Crippen LogP contribution < -0.4 is 9.47 Å². The lowest BCUT2D eigenvalue weighted by Gasteiger charge is -2.14. The van der Waals surface area contributed by atoms with E-state index in [0.717, 1.165) is 34.7 Å². The summed E-state index contributed by atoms with van der Waals surface area (Å²) in [5, 5.41) is 21.3. The van der Waals surface area contributed by atoms with E-state index in [0.29, 0.717) is 66.3 Å². The van der Waals surface area contributed by atoms with Crippen molar-refractivity contribution in [1.82, 2.24) is 15.0 Å². The Kier molecular flexibility index (Phi) is 12.8. The Morgan fingerprint density at radius 2 is 1.04 bits per heavy atom. The number of nitrogens with zero attached hydrogens (tertiary/aromatic N) is 5. The van der Waals surface area contributed by atoms with Crippen molar-refractivity contribution in [3.63, 3.8) is 0 Å². The zero-order valence-corrected chi connectivity index (χ0v) is 30.5. The number of carbonyl (C=O) groups excluding carboxylic acids is 2. The first kappa shape index (κ1) is 37.4. The van der Waals surface area contributed by atoms with Gasteiger partial charge in [-0.25, -0.2) is 9.97 Å². The van der Waals surface area contributed by atoms with Crippen molar-refractivity contribution in [2.24, 2.45) is 0 Å². The van der Waals surface area contributed by atoms with Crippen molar-refractivity contribution in [3.8, 4) is 68.4 Å². The fourth-order valence-corrected chi connectivity index (χ4v) is 6.74. The molecule has 11 nitrogen and oxygen atoms in total. The van der Waals surface area contributed by atoms with Gasteiger partial charge in [-0.1, -0.05) is 47.8 Å². The molecule has 0 saturated heterocycles. The maximum atomic E-state index is 12.3. The van der Waals surface area contributed by atoms with E-state index in [9.17, 15) is 20.1 Å². The molecule has 3 heterocycles. The number of hydrogen-bond acceptors (Lipinski definition) is 13. The molecule has 52 heavy (non-hydrogen) atoms. The van der Waals surface area contributed by atoms with Gasteiger partial charge >= 0.3 is 11.9 Å². The van der Waals surface area contributed by atoms with Crippen molar-refractivity contribution in [2.45, 2.75) is 23.9 Å². The monoisotopic (exact) mass is 731 g/mol. The maximum absolute atomic E-state index is 12.3. The molecule has 0 N–H and O–H groups in total. The number of carbonyl (C=O) groups is 2. The Balaban J connectivity index is 1.65. The van der Waals surface area contributed by atoms with Crippen LogP contribution in [-0.4, -0.2) is 65.8 Å². The first-order valence-electron chi connectivity index (χ1n) is 16.0. The highest BCUT2D eigenvalue weighted by Gasteiger charge is 2.20. The Morgan fingerprint density at radius 1 is 0.635 bits per heavy atom. The minimum absolute atomic E-state index is 0.0329. The van der Waals surface area contributed by atoms with Crippen LogP contribution in [0.4, 0.5) is 0 Å². The molecule has 0 unspecified atom stereocenters. The standard InChI is InChI=1S/C39H33N5O6S2/c1-5-49-36(45)22-51-38-32(18-40)30(24-7-11-28(47-3)12-8-24)16-34(43-38)26-15-27(21-42-20-26)35-17-31(25-9-13-29(48-4)14-10-25)33(19-41)39(44-35)52-23-37(46)50-6-2/h7-17,20-21H,5-6,22-23H2,1-4H3. The molecule has 2 aromatic carbocycles. The van der Waals surface area contributed by atoms with Gasteiger partial charge in [-0.3, -0.25) is 14.6 Å². The second-order valence-corrected chi connectivity index (χ2v) is 12.7. The number of rotatable bonds is 14. The average molecular weight is 732 g/mol. The summed E-state index contributed by atoms with van der Waals surface area (Å²) in [7, 11) is 3.16. The highest BCUT2D eigenvalue weighted by atomic mass is 32.2. The minimum atomic E-state index is -0.422. The molecule has 262 valence electrons. The maximum Gasteiger partial charge on any atom is 0.316 e. The third kappa shape index (κ3) is 8.87. The Morgan fingerprint density at radius 3 is 1.38 bits per heavy atom. The molecule has 0 aliphatic heterocycles. The van der Waals surface area contributed by atoms with E-state index < -0.39 is 11.9 Å². The summed E-state index contributed by atoms with van der Waals surface area (Å²) in [4.78, 5) is 38.8. The van der Waals surface area contributed by atoms with E-state index in [1.54, 1.807) is 64.7 Å². The number of methoxy groups -OCH3 is 2. The van der Waals surface area contributed by atoms with Gasteiger partial charge in [0.2, 0.25) is 0 Å². The molecule has 0 amide bonds. The van der Waals surface area contributed by atoms with E-state index in [1.807, 2.05) is 42.5 Å². The lowest BCUT2D eigenvalue weighted by atomic mass is 9.98. The molecule has 0 saturated carbocycles. The lowest BCUT2D eigenvalue weighted by Crippen LogP contribution is -2.07. The van der Waals surface area contributed by atoms with Gasteiger partial charge in [0.25, 0.3) is 0 Å². The number of aromatic nitrogens is 3. The molecule has 0 fully saturated rings. The molecule has 0 aliphatic rings. The summed E-state index contributed by atoms with van der Waals surface area (Å²) in [6.45, 7) is 3.93.